The number of nitrogens with zero attached hydrogens (tertiary/aromatic N) is 2. The number of thiophene rings is 1. The lowest BCUT2D eigenvalue weighted by molar-refractivity contribution is -0.128. The van der Waals surface area contributed by atoms with Crippen molar-refractivity contribution in [2.75, 3.05) is 27.7 Å². The van der Waals surface area contributed by atoms with E-state index in [1.165, 1.54) is 5.56 Å². The summed E-state index contributed by atoms with van der Waals surface area (Å²) in [5.74, 6) is 0.800. The zero-order valence-corrected chi connectivity index (χ0v) is 16.4. The van der Waals surface area contributed by atoms with Crippen LogP contribution >= 0.6 is 35.3 Å². The fourth-order valence-corrected chi connectivity index (χ4v) is 2.49. The maximum Gasteiger partial charge on any atom is 0.227 e. The molecule has 7 heteroatoms. The van der Waals surface area contributed by atoms with Gasteiger partial charge in [0, 0.05) is 34.2 Å². The van der Waals surface area contributed by atoms with Crippen molar-refractivity contribution in [3.8, 4) is 0 Å². The van der Waals surface area contributed by atoms with Crippen LogP contribution in [-0.2, 0) is 11.3 Å². The van der Waals surface area contributed by atoms with Gasteiger partial charge in [0.15, 0.2) is 5.96 Å². The predicted molar refractivity (Wildman–Crippen MR) is 100 cm³/mol. The molecule has 1 aromatic rings. The van der Waals surface area contributed by atoms with Gasteiger partial charge in [-0.2, -0.15) is 11.3 Å². The molecular formula is C14H25IN4OS. The van der Waals surface area contributed by atoms with Crippen molar-refractivity contribution in [3.63, 3.8) is 0 Å². The Balaban J connectivity index is 0.00000400. The smallest absolute Gasteiger partial charge is 0.227 e. The Morgan fingerprint density at radius 2 is 2.14 bits per heavy atom. The summed E-state index contributed by atoms with van der Waals surface area (Å²) < 4.78 is 0. The third kappa shape index (κ3) is 6.21. The van der Waals surface area contributed by atoms with E-state index >= 15 is 0 Å². The van der Waals surface area contributed by atoms with Crippen molar-refractivity contribution >= 4 is 47.2 Å². The molecule has 1 rings (SSSR count). The van der Waals surface area contributed by atoms with Gasteiger partial charge in [0.1, 0.15) is 0 Å². The summed E-state index contributed by atoms with van der Waals surface area (Å²) in [6.07, 6.45) is 0. The summed E-state index contributed by atoms with van der Waals surface area (Å²) in [6.45, 7) is 5.15. The van der Waals surface area contributed by atoms with Crippen molar-refractivity contribution < 1.29 is 4.79 Å². The monoisotopic (exact) mass is 424 g/mol. The van der Waals surface area contributed by atoms with Gasteiger partial charge in [0.05, 0.1) is 5.41 Å². The predicted octanol–water partition coefficient (Wildman–Crippen LogP) is 2.15. The largest absolute Gasteiger partial charge is 0.359 e. The van der Waals surface area contributed by atoms with Gasteiger partial charge in [-0.3, -0.25) is 9.79 Å². The molecule has 0 saturated heterocycles. The van der Waals surface area contributed by atoms with E-state index in [9.17, 15) is 4.79 Å². The van der Waals surface area contributed by atoms with Gasteiger partial charge in [-0.1, -0.05) is 0 Å². The lowest BCUT2D eigenvalue weighted by Crippen LogP contribution is -2.47. The maximum atomic E-state index is 11.8. The standard InChI is InChI=1S/C14H24N4OS.HI/c1-14(2,12(19)15-3)10-17-13(16-4)18(5)8-11-6-7-20-9-11;/h6-7,9H,8,10H2,1-5H3,(H,15,19)(H,16,17);1H. The van der Waals surface area contributed by atoms with E-state index in [0.717, 1.165) is 12.5 Å². The average Bonchev–Trinajstić information content (AvgIpc) is 2.91. The van der Waals surface area contributed by atoms with Crippen LogP contribution in [0.15, 0.2) is 21.8 Å². The quantitative estimate of drug-likeness (QED) is 0.433. The minimum absolute atomic E-state index is 0. The van der Waals surface area contributed by atoms with Crippen LogP contribution in [-0.4, -0.2) is 44.5 Å². The summed E-state index contributed by atoms with van der Waals surface area (Å²) in [5.41, 5.74) is 0.777. The molecule has 21 heavy (non-hydrogen) atoms. The van der Waals surface area contributed by atoms with Crippen LogP contribution in [0.5, 0.6) is 0 Å². The molecule has 0 aliphatic carbocycles. The first-order valence-electron chi connectivity index (χ1n) is 6.55. The highest BCUT2D eigenvalue weighted by Crippen LogP contribution is 2.13. The van der Waals surface area contributed by atoms with E-state index in [0.29, 0.717) is 6.54 Å². The summed E-state index contributed by atoms with van der Waals surface area (Å²) in [7, 11) is 5.39. The van der Waals surface area contributed by atoms with Crippen LogP contribution in [0.25, 0.3) is 0 Å². The first kappa shape index (κ1) is 20.2. The van der Waals surface area contributed by atoms with E-state index in [4.69, 9.17) is 0 Å². The number of amides is 1. The maximum absolute atomic E-state index is 11.8. The van der Waals surface area contributed by atoms with E-state index < -0.39 is 5.41 Å². The number of rotatable bonds is 5. The number of hydrogen-bond acceptors (Lipinski definition) is 3. The van der Waals surface area contributed by atoms with Crippen molar-refractivity contribution in [1.82, 2.24) is 15.5 Å². The van der Waals surface area contributed by atoms with Crippen LogP contribution in [0.3, 0.4) is 0 Å². The second-order valence-corrected chi connectivity index (χ2v) is 6.13. The SMILES string of the molecule is CN=C(NCC(C)(C)C(=O)NC)N(C)Cc1ccsc1.I. The third-order valence-corrected chi connectivity index (χ3v) is 3.84. The highest BCUT2D eigenvalue weighted by Gasteiger charge is 2.27. The van der Waals surface area contributed by atoms with Crippen LogP contribution in [0.4, 0.5) is 0 Å². The first-order valence-corrected chi connectivity index (χ1v) is 7.50. The van der Waals surface area contributed by atoms with Crippen LogP contribution in [0, 0.1) is 5.41 Å². The third-order valence-electron chi connectivity index (χ3n) is 3.10. The molecular weight excluding hydrogens is 399 g/mol. The van der Waals surface area contributed by atoms with Gasteiger partial charge in [-0.15, -0.1) is 24.0 Å². The Morgan fingerprint density at radius 3 is 2.62 bits per heavy atom. The molecule has 1 amide bonds. The molecule has 120 valence electrons. The molecule has 1 heterocycles. The van der Waals surface area contributed by atoms with Crippen LogP contribution in [0.1, 0.15) is 19.4 Å². The number of aliphatic imine (C=N–C) groups is 1. The molecule has 0 radical (unpaired) electrons. The lowest BCUT2D eigenvalue weighted by Gasteiger charge is -2.27. The summed E-state index contributed by atoms with van der Waals surface area (Å²) in [6, 6.07) is 2.10. The molecule has 0 saturated carbocycles. The summed E-state index contributed by atoms with van der Waals surface area (Å²) >= 11 is 1.69. The zero-order valence-electron chi connectivity index (χ0n) is 13.3. The van der Waals surface area contributed by atoms with Crippen molar-refractivity contribution in [3.05, 3.63) is 22.4 Å². The Kier molecular flexibility index (Phi) is 8.88. The molecule has 0 aliphatic heterocycles. The van der Waals surface area contributed by atoms with Gasteiger partial charge in [-0.05, 0) is 36.2 Å². The highest BCUT2D eigenvalue weighted by atomic mass is 127. The zero-order chi connectivity index (χ0) is 15.2. The fraction of sp³-hybridized carbons (Fsp3) is 0.571. The van der Waals surface area contributed by atoms with Crippen molar-refractivity contribution in [2.45, 2.75) is 20.4 Å². The van der Waals surface area contributed by atoms with Crippen LogP contribution in [0.2, 0.25) is 0 Å². The molecule has 1 aromatic heterocycles. The number of carbonyl (C=O) groups excluding carboxylic acids is 1. The van der Waals surface area contributed by atoms with Gasteiger partial charge in [-0.25, -0.2) is 0 Å². The molecule has 0 spiro atoms. The lowest BCUT2D eigenvalue weighted by atomic mass is 9.92. The topological polar surface area (TPSA) is 56.7 Å². The number of nitrogens with one attached hydrogen (secondary N) is 2. The highest BCUT2D eigenvalue weighted by molar-refractivity contribution is 14.0. The Hall–Kier alpha value is -0.830. The van der Waals surface area contributed by atoms with Gasteiger partial charge in [0.25, 0.3) is 0 Å². The van der Waals surface area contributed by atoms with Crippen molar-refractivity contribution in [2.24, 2.45) is 10.4 Å². The van der Waals surface area contributed by atoms with E-state index in [1.807, 2.05) is 25.8 Å². The normalized spacial score (nSPS) is 11.6. The summed E-state index contributed by atoms with van der Waals surface area (Å²) in [5, 5.41) is 10.1. The minimum Gasteiger partial charge on any atom is -0.359 e. The van der Waals surface area contributed by atoms with E-state index in [-0.39, 0.29) is 29.9 Å². The number of hydrogen-bond donors (Lipinski definition) is 2. The number of halogens is 1. The number of carbonyl (C=O) groups is 1. The molecule has 0 aromatic carbocycles. The first-order chi connectivity index (χ1) is 9.40. The average molecular weight is 424 g/mol. The van der Waals surface area contributed by atoms with Gasteiger partial charge in [0.2, 0.25) is 5.91 Å². The Bertz CT molecular complexity index is 460. The number of guanidine groups is 1. The Labute approximate surface area is 148 Å². The fourth-order valence-electron chi connectivity index (χ4n) is 1.83. The molecule has 5 nitrogen and oxygen atoms in total. The summed E-state index contributed by atoms with van der Waals surface area (Å²) in [4.78, 5) is 18.1. The molecule has 0 aliphatic rings. The van der Waals surface area contributed by atoms with Gasteiger partial charge >= 0.3 is 0 Å². The van der Waals surface area contributed by atoms with Crippen LogP contribution < -0.4 is 10.6 Å². The Morgan fingerprint density at radius 1 is 1.48 bits per heavy atom. The molecule has 0 fully saturated rings. The second kappa shape index (κ2) is 9.24. The van der Waals surface area contributed by atoms with E-state index in [2.05, 4.69) is 32.5 Å². The van der Waals surface area contributed by atoms with Gasteiger partial charge < -0.3 is 15.5 Å². The molecule has 0 atom stereocenters. The van der Waals surface area contributed by atoms with E-state index in [1.54, 1.807) is 25.4 Å². The van der Waals surface area contributed by atoms with Crippen molar-refractivity contribution in [1.29, 1.82) is 0 Å². The molecule has 0 bridgehead atoms. The second-order valence-electron chi connectivity index (χ2n) is 5.35. The molecule has 2 N–H and O–H groups in total. The molecule has 0 unspecified atom stereocenters. The minimum atomic E-state index is -0.478.